The fraction of sp³-hybridized carbons (Fsp3) is 0.545. The fourth-order valence-electron chi connectivity index (χ4n) is 1.28. The topological polar surface area (TPSA) is 58.1 Å². The Kier molecular flexibility index (Phi) is 6.07. The van der Waals surface area contributed by atoms with Crippen LogP contribution in [-0.4, -0.2) is 48.2 Å². The molecule has 1 amide bonds. The second kappa shape index (κ2) is 7.34. The summed E-state index contributed by atoms with van der Waals surface area (Å²) >= 11 is 3.17. The van der Waals surface area contributed by atoms with Gasteiger partial charge in [-0.2, -0.15) is 0 Å². The second-order valence-corrected chi connectivity index (χ2v) is 4.82. The van der Waals surface area contributed by atoms with Crippen molar-refractivity contribution in [3.63, 3.8) is 0 Å². The van der Waals surface area contributed by atoms with Gasteiger partial charge in [-0.15, -0.1) is 10.2 Å². The number of nitrogens with one attached hydrogen (secondary N) is 1. The predicted molar refractivity (Wildman–Crippen MR) is 69.9 cm³/mol. The lowest BCUT2D eigenvalue weighted by atomic mass is 10.3. The molecule has 1 rings (SSSR count). The number of carbonyl (C=O) groups is 1. The molecule has 0 aliphatic heterocycles. The van der Waals surface area contributed by atoms with E-state index >= 15 is 0 Å². The average Bonchev–Trinajstić information content (AvgIpc) is 2.29. The highest BCUT2D eigenvalue weighted by Crippen LogP contribution is 2.03. The van der Waals surface area contributed by atoms with Crippen molar-refractivity contribution in [3.8, 4) is 0 Å². The van der Waals surface area contributed by atoms with Gasteiger partial charge in [-0.05, 0) is 61.5 Å². The zero-order valence-electron chi connectivity index (χ0n) is 10.1. The smallest absolute Gasteiger partial charge is 0.271 e. The van der Waals surface area contributed by atoms with Crippen molar-refractivity contribution in [2.75, 3.05) is 27.2 Å². The van der Waals surface area contributed by atoms with E-state index in [0.717, 1.165) is 19.4 Å². The van der Waals surface area contributed by atoms with Gasteiger partial charge in [-0.25, -0.2) is 0 Å². The summed E-state index contributed by atoms with van der Waals surface area (Å²) < 4.78 is 0.625. The largest absolute Gasteiger partial charge is 0.351 e. The van der Waals surface area contributed by atoms with Gasteiger partial charge in [0.2, 0.25) is 0 Å². The van der Waals surface area contributed by atoms with Crippen LogP contribution in [0.2, 0.25) is 0 Å². The van der Waals surface area contributed by atoms with Crippen molar-refractivity contribution in [1.29, 1.82) is 0 Å². The lowest BCUT2D eigenvalue weighted by molar-refractivity contribution is 0.0946. The Morgan fingerprint density at radius 3 is 2.71 bits per heavy atom. The molecule has 0 bridgehead atoms. The van der Waals surface area contributed by atoms with Crippen molar-refractivity contribution in [1.82, 2.24) is 20.4 Å². The molecule has 0 saturated heterocycles. The van der Waals surface area contributed by atoms with Gasteiger partial charge in [0.05, 0.1) is 0 Å². The molecule has 17 heavy (non-hydrogen) atoms. The molecule has 1 heterocycles. The van der Waals surface area contributed by atoms with Crippen LogP contribution >= 0.6 is 15.9 Å². The van der Waals surface area contributed by atoms with E-state index in [1.54, 1.807) is 12.1 Å². The molecule has 0 spiro atoms. The van der Waals surface area contributed by atoms with Crippen LogP contribution in [0.15, 0.2) is 16.7 Å². The van der Waals surface area contributed by atoms with Crippen LogP contribution in [-0.2, 0) is 0 Å². The van der Waals surface area contributed by atoms with Gasteiger partial charge >= 0.3 is 0 Å². The molecule has 1 aromatic heterocycles. The fourth-order valence-corrected chi connectivity index (χ4v) is 1.49. The molecule has 0 aromatic carbocycles. The molecular weight excluding hydrogens is 280 g/mol. The van der Waals surface area contributed by atoms with Crippen LogP contribution in [0.3, 0.4) is 0 Å². The summed E-state index contributed by atoms with van der Waals surface area (Å²) in [6.45, 7) is 1.71. The van der Waals surface area contributed by atoms with Crippen molar-refractivity contribution >= 4 is 21.8 Å². The molecule has 0 fully saturated rings. The van der Waals surface area contributed by atoms with Gasteiger partial charge in [0.1, 0.15) is 4.60 Å². The SMILES string of the molecule is CN(C)CCCCNC(=O)c1ccc([76Br])nn1. The number of unbranched alkanes of at least 4 members (excludes halogenated alkanes) is 1. The maximum absolute atomic E-state index is 11.6. The lowest BCUT2D eigenvalue weighted by Gasteiger charge is -2.09. The summed E-state index contributed by atoms with van der Waals surface area (Å²) in [4.78, 5) is 13.7. The minimum Gasteiger partial charge on any atom is -0.351 e. The zero-order chi connectivity index (χ0) is 12.7. The van der Waals surface area contributed by atoms with Gasteiger partial charge in [0.15, 0.2) is 5.69 Å². The van der Waals surface area contributed by atoms with Crippen molar-refractivity contribution < 1.29 is 4.79 Å². The summed E-state index contributed by atoms with van der Waals surface area (Å²) in [5, 5.41) is 10.4. The molecule has 0 aliphatic rings. The van der Waals surface area contributed by atoms with E-state index in [0.29, 0.717) is 16.8 Å². The molecule has 1 aromatic rings. The minimum atomic E-state index is -0.171. The van der Waals surface area contributed by atoms with Gasteiger partial charge in [-0.1, -0.05) is 0 Å². The number of halogens is 1. The van der Waals surface area contributed by atoms with Crippen LogP contribution in [0.25, 0.3) is 0 Å². The highest BCUT2D eigenvalue weighted by molar-refractivity contribution is 9.10. The predicted octanol–water partition coefficient (Wildman–Crippen LogP) is 1.31. The van der Waals surface area contributed by atoms with E-state index in [4.69, 9.17) is 0 Å². The highest BCUT2D eigenvalue weighted by Gasteiger charge is 2.06. The maximum Gasteiger partial charge on any atom is 0.271 e. The monoisotopic (exact) mass is 297 g/mol. The Labute approximate surface area is 110 Å². The van der Waals surface area contributed by atoms with Crippen molar-refractivity contribution in [2.45, 2.75) is 12.8 Å². The zero-order valence-corrected chi connectivity index (χ0v) is 11.7. The highest BCUT2D eigenvalue weighted by atomic mass is 75.9. The molecule has 0 aliphatic carbocycles. The third-order valence-electron chi connectivity index (χ3n) is 2.18. The number of rotatable bonds is 6. The van der Waals surface area contributed by atoms with E-state index in [-0.39, 0.29) is 5.91 Å². The van der Waals surface area contributed by atoms with Gasteiger partial charge in [0, 0.05) is 6.54 Å². The van der Waals surface area contributed by atoms with E-state index < -0.39 is 0 Å². The van der Waals surface area contributed by atoms with Crippen molar-refractivity contribution in [3.05, 3.63) is 22.4 Å². The van der Waals surface area contributed by atoms with E-state index in [9.17, 15) is 4.79 Å². The minimum absolute atomic E-state index is 0.171. The molecule has 0 radical (unpaired) electrons. The molecular formula is C11H17BrN4O. The van der Waals surface area contributed by atoms with Gasteiger partial charge in [0.25, 0.3) is 5.91 Å². The summed E-state index contributed by atoms with van der Waals surface area (Å²) in [5.41, 5.74) is 0.348. The molecule has 1 N–H and O–H groups in total. The Morgan fingerprint density at radius 2 is 2.12 bits per heavy atom. The first-order chi connectivity index (χ1) is 8.09. The third kappa shape index (κ3) is 5.74. The number of hydrogen-bond donors (Lipinski definition) is 1. The van der Waals surface area contributed by atoms with Crippen LogP contribution < -0.4 is 5.32 Å². The molecule has 94 valence electrons. The quantitative estimate of drug-likeness (QED) is 0.804. The summed E-state index contributed by atoms with van der Waals surface area (Å²) in [7, 11) is 4.08. The first-order valence-electron chi connectivity index (χ1n) is 5.52. The summed E-state index contributed by atoms with van der Waals surface area (Å²) in [6, 6.07) is 3.35. The van der Waals surface area contributed by atoms with Crippen LogP contribution in [0.1, 0.15) is 23.3 Å². The molecule has 0 unspecified atom stereocenters. The van der Waals surface area contributed by atoms with Gasteiger partial charge in [-0.3, -0.25) is 4.79 Å². The van der Waals surface area contributed by atoms with Crippen LogP contribution in [0, 0.1) is 0 Å². The number of aromatic nitrogens is 2. The standard InChI is InChI=1S/C11H17BrN4O/c1-16(2)8-4-3-7-13-11(17)9-5-6-10(12)15-14-9/h5-6H,3-4,7-8H2,1-2H3,(H,13,17)/i12-4. The second-order valence-electron chi connectivity index (χ2n) is 4.01. The maximum atomic E-state index is 11.6. The molecule has 5 nitrogen and oxygen atoms in total. The van der Waals surface area contributed by atoms with E-state index in [2.05, 4.69) is 36.3 Å². The summed E-state index contributed by atoms with van der Waals surface area (Å²) in [5.74, 6) is -0.171. The Hall–Kier alpha value is -1.01. The molecule has 0 atom stereocenters. The van der Waals surface area contributed by atoms with Crippen molar-refractivity contribution in [2.24, 2.45) is 0 Å². The lowest BCUT2D eigenvalue weighted by Crippen LogP contribution is -2.26. The number of carbonyl (C=O) groups excluding carboxylic acids is 1. The van der Waals surface area contributed by atoms with Crippen LogP contribution in [0.5, 0.6) is 0 Å². The first-order valence-corrected chi connectivity index (χ1v) is 6.31. The number of amides is 1. The van der Waals surface area contributed by atoms with Crippen LogP contribution in [0.4, 0.5) is 0 Å². The Balaban J connectivity index is 2.23. The van der Waals surface area contributed by atoms with E-state index in [1.807, 2.05) is 14.1 Å². The third-order valence-corrected chi connectivity index (χ3v) is 2.61. The van der Waals surface area contributed by atoms with E-state index in [1.165, 1.54) is 0 Å². The Bertz CT molecular complexity index is 353. The summed E-state index contributed by atoms with van der Waals surface area (Å²) in [6.07, 6.45) is 2.03. The number of nitrogens with zero attached hydrogens (tertiary/aromatic N) is 3. The Morgan fingerprint density at radius 1 is 1.35 bits per heavy atom. The number of hydrogen-bond acceptors (Lipinski definition) is 4. The molecule has 0 saturated carbocycles. The normalized spacial score (nSPS) is 10.6. The van der Waals surface area contributed by atoms with Gasteiger partial charge < -0.3 is 10.2 Å². The average molecular weight is 297 g/mol. The first kappa shape index (κ1) is 14.1. The molecule has 6 heteroatoms.